The van der Waals surface area contributed by atoms with E-state index in [1.165, 1.54) is 17.4 Å². The highest BCUT2D eigenvalue weighted by molar-refractivity contribution is 8.01. The van der Waals surface area contributed by atoms with Crippen molar-refractivity contribution in [3.8, 4) is 5.75 Å². The minimum absolute atomic E-state index is 0.0994. The molecule has 0 spiro atoms. The van der Waals surface area contributed by atoms with Crippen molar-refractivity contribution in [1.82, 2.24) is 19.8 Å². The standard InChI is InChI=1S/C29H35N5O3S2/c1-7-25(35)34-14-10-13-33(18-23(34)29(3,4)5)27(36)20-16-22(19(2)15-21(20)37-6)38-26-17-31-28(39-26)32-24-11-8-9-12-30-24/h7-9,11-12,15-17,23H,1,10,13-14,18H2,2-6H3,(H,30,31,32)/t23-/m0/s1. The maximum absolute atomic E-state index is 14.0. The number of rotatable bonds is 7. The molecule has 8 nitrogen and oxygen atoms in total. The topological polar surface area (TPSA) is 87.7 Å². The first kappa shape index (κ1) is 28.6. The van der Waals surface area contributed by atoms with Crippen molar-refractivity contribution in [1.29, 1.82) is 0 Å². The van der Waals surface area contributed by atoms with E-state index < -0.39 is 0 Å². The Balaban J connectivity index is 1.58. The van der Waals surface area contributed by atoms with Gasteiger partial charge in [-0.3, -0.25) is 9.59 Å². The molecule has 0 radical (unpaired) electrons. The van der Waals surface area contributed by atoms with Crippen molar-refractivity contribution in [3.05, 3.63) is 66.5 Å². The van der Waals surface area contributed by atoms with Crippen LogP contribution in [0, 0.1) is 12.3 Å². The van der Waals surface area contributed by atoms with E-state index in [2.05, 4.69) is 42.6 Å². The van der Waals surface area contributed by atoms with Crippen LogP contribution in [0.25, 0.3) is 0 Å². The first-order valence-electron chi connectivity index (χ1n) is 12.8. The van der Waals surface area contributed by atoms with E-state index in [9.17, 15) is 9.59 Å². The number of nitrogens with zero attached hydrogens (tertiary/aromatic N) is 4. The van der Waals surface area contributed by atoms with Crippen LogP contribution in [0.5, 0.6) is 5.75 Å². The van der Waals surface area contributed by atoms with E-state index in [-0.39, 0.29) is 23.3 Å². The molecule has 1 atom stereocenters. The van der Waals surface area contributed by atoms with Crippen molar-refractivity contribution in [2.75, 3.05) is 32.1 Å². The van der Waals surface area contributed by atoms with Crippen LogP contribution < -0.4 is 10.1 Å². The van der Waals surface area contributed by atoms with Gasteiger partial charge < -0.3 is 19.9 Å². The zero-order chi connectivity index (χ0) is 28.2. The molecule has 1 fully saturated rings. The fraction of sp³-hybridized carbons (Fsp3) is 0.379. The summed E-state index contributed by atoms with van der Waals surface area (Å²) in [7, 11) is 1.59. The average molecular weight is 566 g/mol. The Morgan fingerprint density at radius 2 is 2.03 bits per heavy atom. The van der Waals surface area contributed by atoms with Crippen molar-refractivity contribution < 1.29 is 14.3 Å². The molecule has 1 N–H and O–H groups in total. The van der Waals surface area contributed by atoms with Gasteiger partial charge in [-0.2, -0.15) is 0 Å². The summed E-state index contributed by atoms with van der Waals surface area (Å²) >= 11 is 3.09. The van der Waals surface area contributed by atoms with Crippen LogP contribution in [0.3, 0.4) is 0 Å². The summed E-state index contributed by atoms with van der Waals surface area (Å²) in [6.45, 7) is 13.6. The average Bonchev–Trinajstić information content (AvgIpc) is 3.21. The van der Waals surface area contributed by atoms with Gasteiger partial charge in [0.1, 0.15) is 11.6 Å². The molecule has 3 aromatic rings. The molecule has 3 heterocycles. The molecule has 1 saturated heterocycles. The molecule has 2 amide bonds. The predicted molar refractivity (Wildman–Crippen MR) is 157 cm³/mol. The highest BCUT2D eigenvalue weighted by Gasteiger charge is 2.37. The lowest BCUT2D eigenvalue weighted by Gasteiger charge is -2.40. The number of hydrogen-bond acceptors (Lipinski definition) is 8. The monoisotopic (exact) mass is 565 g/mol. The number of carbonyl (C=O) groups is 2. The summed E-state index contributed by atoms with van der Waals surface area (Å²) < 4.78 is 6.64. The molecule has 1 aliphatic heterocycles. The molecule has 0 unspecified atom stereocenters. The van der Waals surface area contributed by atoms with Crippen molar-refractivity contribution in [2.24, 2.45) is 5.41 Å². The highest BCUT2D eigenvalue weighted by Crippen LogP contribution is 2.39. The minimum Gasteiger partial charge on any atom is -0.496 e. The zero-order valence-electron chi connectivity index (χ0n) is 23.1. The van der Waals surface area contributed by atoms with Crippen LogP contribution in [0.1, 0.15) is 43.1 Å². The van der Waals surface area contributed by atoms with Crippen molar-refractivity contribution in [3.63, 3.8) is 0 Å². The van der Waals surface area contributed by atoms with Gasteiger partial charge in [0.05, 0.1) is 29.1 Å². The highest BCUT2D eigenvalue weighted by atomic mass is 32.2. The maximum atomic E-state index is 14.0. The predicted octanol–water partition coefficient (Wildman–Crippen LogP) is 6.03. The Labute approximate surface area is 238 Å². The smallest absolute Gasteiger partial charge is 0.257 e. The Morgan fingerprint density at radius 1 is 1.23 bits per heavy atom. The molecule has 0 aliphatic carbocycles. The van der Waals surface area contributed by atoms with Gasteiger partial charge >= 0.3 is 0 Å². The number of methoxy groups -OCH3 is 1. The summed E-state index contributed by atoms with van der Waals surface area (Å²) in [5.41, 5.74) is 1.30. The second-order valence-electron chi connectivity index (χ2n) is 10.5. The normalized spacial score (nSPS) is 16.0. The minimum atomic E-state index is -0.215. The van der Waals surface area contributed by atoms with Crippen molar-refractivity contribution in [2.45, 2.75) is 49.3 Å². The van der Waals surface area contributed by atoms with Crippen LogP contribution in [0.4, 0.5) is 10.9 Å². The number of thiazole rings is 1. The molecule has 0 bridgehead atoms. The number of benzene rings is 1. The lowest BCUT2D eigenvalue weighted by atomic mass is 9.85. The maximum Gasteiger partial charge on any atom is 0.257 e. The van der Waals surface area contributed by atoms with E-state index in [0.29, 0.717) is 37.4 Å². The van der Waals surface area contributed by atoms with Gasteiger partial charge in [-0.25, -0.2) is 9.97 Å². The fourth-order valence-electron chi connectivity index (χ4n) is 4.59. The lowest BCUT2D eigenvalue weighted by molar-refractivity contribution is -0.130. The number of hydrogen-bond donors (Lipinski definition) is 1. The van der Waals surface area contributed by atoms with Gasteiger partial charge in [-0.15, -0.1) is 0 Å². The Bertz CT molecular complexity index is 1340. The van der Waals surface area contributed by atoms with Gasteiger partial charge in [0.25, 0.3) is 5.91 Å². The summed E-state index contributed by atoms with van der Waals surface area (Å²) in [6.07, 6.45) is 5.60. The Kier molecular flexibility index (Phi) is 8.97. The number of pyridine rings is 1. The van der Waals surface area contributed by atoms with Gasteiger partial charge in [0.15, 0.2) is 5.13 Å². The number of nitrogens with one attached hydrogen (secondary N) is 1. The van der Waals surface area contributed by atoms with E-state index >= 15 is 0 Å². The second kappa shape index (κ2) is 12.2. The van der Waals surface area contributed by atoms with E-state index in [1.807, 2.05) is 53.3 Å². The van der Waals surface area contributed by atoms with Gasteiger partial charge in [0, 0.05) is 30.7 Å². The third kappa shape index (κ3) is 6.80. The van der Waals surface area contributed by atoms with Crippen LogP contribution >= 0.6 is 23.1 Å². The van der Waals surface area contributed by atoms with Gasteiger partial charge in [-0.1, -0.05) is 56.5 Å². The van der Waals surface area contributed by atoms with Crippen molar-refractivity contribution >= 4 is 45.9 Å². The van der Waals surface area contributed by atoms with Crippen LogP contribution in [0.15, 0.2) is 64.5 Å². The quantitative estimate of drug-likeness (QED) is 0.350. The molecule has 2 aromatic heterocycles. The van der Waals surface area contributed by atoms with Gasteiger partial charge in [-0.05, 0) is 54.7 Å². The second-order valence-corrected chi connectivity index (χ2v) is 12.8. The molecule has 0 saturated carbocycles. The molecule has 39 heavy (non-hydrogen) atoms. The Morgan fingerprint density at radius 3 is 2.69 bits per heavy atom. The largest absolute Gasteiger partial charge is 0.496 e. The molecule has 1 aliphatic rings. The molecular weight excluding hydrogens is 530 g/mol. The number of aryl methyl sites for hydroxylation is 1. The molecule has 4 rings (SSSR count). The van der Waals surface area contributed by atoms with Gasteiger partial charge in [0.2, 0.25) is 5.91 Å². The number of aromatic nitrogens is 2. The number of amides is 2. The van der Waals surface area contributed by atoms with E-state index in [1.54, 1.807) is 25.1 Å². The summed E-state index contributed by atoms with van der Waals surface area (Å²) in [6, 6.07) is 9.36. The summed E-state index contributed by atoms with van der Waals surface area (Å²) in [5, 5.41) is 3.97. The summed E-state index contributed by atoms with van der Waals surface area (Å²) in [4.78, 5) is 40.0. The van der Waals surface area contributed by atoms with Crippen LogP contribution in [-0.4, -0.2) is 64.4 Å². The molecule has 10 heteroatoms. The van der Waals surface area contributed by atoms with E-state index in [4.69, 9.17) is 4.74 Å². The first-order valence-corrected chi connectivity index (χ1v) is 14.5. The fourth-order valence-corrected chi connectivity index (χ4v) is 6.54. The number of ether oxygens (including phenoxy) is 1. The molecular formula is C29H35N5O3S2. The molecule has 1 aromatic carbocycles. The Hall–Kier alpha value is -3.37. The number of anilines is 2. The SMILES string of the molecule is C=CC(=O)N1CCCN(C(=O)c2cc(Sc3cnc(Nc4ccccn4)s3)c(C)cc2OC)C[C@H]1C(C)(C)C. The zero-order valence-corrected chi connectivity index (χ0v) is 24.7. The van der Waals surface area contributed by atoms with Crippen LogP contribution in [-0.2, 0) is 4.79 Å². The summed E-state index contributed by atoms with van der Waals surface area (Å²) in [5.74, 6) is 1.07. The first-order chi connectivity index (χ1) is 18.6. The lowest BCUT2D eigenvalue weighted by Crippen LogP contribution is -2.51. The molecule has 206 valence electrons. The third-order valence-corrected chi connectivity index (χ3v) is 8.84. The number of carbonyl (C=O) groups excluding carboxylic acids is 2. The third-order valence-electron chi connectivity index (χ3n) is 6.66. The van der Waals surface area contributed by atoms with Crippen LogP contribution in [0.2, 0.25) is 0 Å². The van der Waals surface area contributed by atoms with E-state index in [0.717, 1.165) is 25.6 Å².